The van der Waals surface area contributed by atoms with E-state index in [1.807, 2.05) is 30.3 Å². The van der Waals surface area contributed by atoms with Gasteiger partial charge in [-0.05, 0) is 12.0 Å². The van der Waals surface area contributed by atoms with Crippen molar-refractivity contribution in [3.63, 3.8) is 0 Å². The maximum atomic E-state index is 12.1. The second-order valence-corrected chi connectivity index (χ2v) is 7.81. The monoisotopic (exact) mass is 401 g/mol. The summed E-state index contributed by atoms with van der Waals surface area (Å²) in [6.45, 7) is 2.13. The van der Waals surface area contributed by atoms with Crippen LogP contribution in [0.4, 0.5) is 0 Å². The van der Waals surface area contributed by atoms with Gasteiger partial charge >= 0.3 is 0 Å². The van der Waals surface area contributed by atoms with Crippen LogP contribution in [0.5, 0.6) is 0 Å². The van der Waals surface area contributed by atoms with Crippen molar-refractivity contribution in [2.24, 2.45) is 11.5 Å². The van der Waals surface area contributed by atoms with Crippen LogP contribution >= 0.6 is 0 Å². The molecule has 0 aliphatic carbocycles. The summed E-state index contributed by atoms with van der Waals surface area (Å²) >= 11 is 0. The van der Waals surface area contributed by atoms with E-state index in [1.165, 1.54) is 0 Å². The van der Waals surface area contributed by atoms with Gasteiger partial charge in [0.05, 0.1) is 12.3 Å². The predicted molar refractivity (Wildman–Crippen MR) is 105 cm³/mol. The van der Waals surface area contributed by atoms with Crippen molar-refractivity contribution in [2.45, 2.75) is 57.5 Å². The van der Waals surface area contributed by atoms with Crippen molar-refractivity contribution < 1.29 is 22.6 Å². The molecule has 0 aromatic heterocycles. The van der Waals surface area contributed by atoms with Crippen LogP contribution in [0, 0.1) is 0 Å². The molecular formula is C18H31N3O5S. The molecule has 0 heterocycles. The third kappa shape index (κ3) is 14.8. The van der Waals surface area contributed by atoms with Gasteiger partial charge in [0.15, 0.2) is 0 Å². The van der Waals surface area contributed by atoms with E-state index in [9.17, 15) is 18.0 Å². The molecule has 6 N–H and O–H groups in total. The fraction of sp³-hybridized carbons (Fsp3) is 0.556. The largest absolute Gasteiger partial charge is 0.368 e. The van der Waals surface area contributed by atoms with Gasteiger partial charge in [0, 0.05) is 6.42 Å². The maximum Gasteiger partial charge on any atom is 0.261 e. The third-order valence-corrected chi connectivity index (χ3v) is 3.65. The van der Waals surface area contributed by atoms with Crippen LogP contribution in [0.15, 0.2) is 30.3 Å². The molecule has 0 unspecified atom stereocenters. The Bertz CT molecular complexity index is 657. The van der Waals surface area contributed by atoms with Crippen LogP contribution in [-0.4, -0.2) is 43.1 Å². The standard InChI is InChI=1S/C17H27N3O2.CH4O3S/c1-2-3-4-8-11-14(18)17(22)20-15(16(19)21)12-13-9-6-5-7-10-13;1-5(2,3)4/h5-7,9-10,14-15H,2-4,8,11-12,18H2,1H3,(H2,19,21)(H,20,22);1H3,(H,2,3,4)/t14-,15-;/m0./s1. The molecule has 0 radical (unpaired) electrons. The van der Waals surface area contributed by atoms with E-state index in [2.05, 4.69) is 12.2 Å². The number of carbonyl (C=O) groups excluding carboxylic acids is 2. The summed E-state index contributed by atoms with van der Waals surface area (Å²) in [7, 11) is -3.67. The first kappa shape index (κ1) is 25.0. The van der Waals surface area contributed by atoms with Crippen molar-refractivity contribution in [3.05, 3.63) is 35.9 Å². The minimum Gasteiger partial charge on any atom is -0.368 e. The third-order valence-electron chi connectivity index (χ3n) is 3.65. The molecular weight excluding hydrogens is 370 g/mol. The van der Waals surface area contributed by atoms with Crippen molar-refractivity contribution in [1.82, 2.24) is 5.32 Å². The Hall–Kier alpha value is -1.97. The number of benzene rings is 1. The zero-order chi connectivity index (χ0) is 20.9. The minimum absolute atomic E-state index is 0.309. The first-order chi connectivity index (χ1) is 12.5. The fourth-order valence-corrected chi connectivity index (χ4v) is 2.27. The van der Waals surface area contributed by atoms with Crippen molar-refractivity contribution in [2.75, 3.05) is 6.26 Å². The number of nitrogens with two attached hydrogens (primary N) is 2. The molecule has 1 aromatic rings. The lowest BCUT2D eigenvalue weighted by atomic mass is 10.0. The van der Waals surface area contributed by atoms with Crippen LogP contribution in [0.2, 0.25) is 0 Å². The minimum atomic E-state index is -3.67. The molecule has 0 aliphatic heterocycles. The molecule has 0 saturated carbocycles. The fourth-order valence-electron chi connectivity index (χ4n) is 2.27. The van der Waals surface area contributed by atoms with Gasteiger partial charge in [0.1, 0.15) is 6.04 Å². The SMILES string of the molecule is CCCCCC[C@H](N)C(=O)N[C@@H](Cc1ccccc1)C(N)=O.CS(=O)(=O)O. The van der Waals surface area contributed by atoms with Crippen LogP contribution in [0.3, 0.4) is 0 Å². The highest BCUT2D eigenvalue weighted by Gasteiger charge is 2.21. The first-order valence-corrected chi connectivity index (χ1v) is 10.7. The first-order valence-electron chi connectivity index (χ1n) is 8.86. The van der Waals surface area contributed by atoms with Crippen LogP contribution in [0.1, 0.15) is 44.6 Å². The summed E-state index contributed by atoms with van der Waals surface area (Å²) in [4.78, 5) is 23.6. The summed E-state index contributed by atoms with van der Waals surface area (Å²) in [5.41, 5.74) is 12.2. The maximum absolute atomic E-state index is 12.1. The Balaban J connectivity index is 0.00000119. The molecule has 2 atom stereocenters. The summed E-state index contributed by atoms with van der Waals surface area (Å²) < 4.78 is 25.9. The Morgan fingerprint density at radius 2 is 1.70 bits per heavy atom. The molecule has 0 saturated heterocycles. The van der Waals surface area contributed by atoms with Gasteiger partial charge in [-0.3, -0.25) is 14.1 Å². The molecule has 1 rings (SSSR count). The molecule has 154 valence electrons. The van der Waals surface area contributed by atoms with E-state index in [0.29, 0.717) is 19.1 Å². The van der Waals surface area contributed by atoms with Crippen molar-refractivity contribution in [1.29, 1.82) is 0 Å². The molecule has 9 heteroatoms. The van der Waals surface area contributed by atoms with E-state index in [0.717, 1.165) is 31.2 Å². The lowest BCUT2D eigenvalue weighted by Gasteiger charge is -2.18. The second-order valence-electron chi connectivity index (χ2n) is 6.34. The molecule has 27 heavy (non-hydrogen) atoms. The van der Waals surface area contributed by atoms with Gasteiger partial charge in [-0.2, -0.15) is 8.42 Å². The number of hydrogen-bond donors (Lipinski definition) is 4. The highest BCUT2D eigenvalue weighted by molar-refractivity contribution is 7.85. The van der Waals surface area contributed by atoms with E-state index < -0.39 is 28.1 Å². The van der Waals surface area contributed by atoms with E-state index in [-0.39, 0.29) is 5.91 Å². The molecule has 1 aromatic carbocycles. The zero-order valence-corrected chi connectivity index (χ0v) is 16.7. The molecule has 0 fully saturated rings. The molecule has 8 nitrogen and oxygen atoms in total. The Morgan fingerprint density at radius 3 is 2.19 bits per heavy atom. The van der Waals surface area contributed by atoms with E-state index in [4.69, 9.17) is 16.0 Å². The van der Waals surface area contributed by atoms with Crippen molar-refractivity contribution in [3.8, 4) is 0 Å². The van der Waals surface area contributed by atoms with Gasteiger partial charge in [-0.15, -0.1) is 0 Å². The lowest BCUT2D eigenvalue weighted by Crippen LogP contribution is -2.51. The summed E-state index contributed by atoms with van der Waals surface area (Å²) in [5.74, 6) is -0.855. The Morgan fingerprint density at radius 1 is 1.15 bits per heavy atom. The number of carbonyl (C=O) groups is 2. The van der Waals surface area contributed by atoms with Crippen LogP contribution in [-0.2, 0) is 26.1 Å². The Kier molecular flexibility index (Phi) is 12.3. The molecule has 0 bridgehead atoms. The van der Waals surface area contributed by atoms with Gasteiger partial charge in [-0.1, -0.05) is 62.9 Å². The predicted octanol–water partition coefficient (Wildman–Crippen LogP) is 1.00. The Labute approximate surface area is 161 Å². The number of amides is 2. The summed E-state index contributed by atoms with van der Waals surface area (Å²) in [6, 6.07) is 8.14. The van der Waals surface area contributed by atoms with E-state index in [1.54, 1.807) is 0 Å². The van der Waals surface area contributed by atoms with Gasteiger partial charge in [0.25, 0.3) is 10.1 Å². The molecule has 0 spiro atoms. The molecule has 2 amide bonds. The number of primary amides is 1. The second kappa shape index (κ2) is 13.2. The van der Waals surface area contributed by atoms with E-state index >= 15 is 0 Å². The number of rotatable bonds is 10. The number of unbranched alkanes of at least 4 members (excludes halogenated alkanes) is 3. The number of nitrogens with one attached hydrogen (secondary N) is 1. The van der Waals surface area contributed by atoms with Crippen LogP contribution in [0.25, 0.3) is 0 Å². The highest BCUT2D eigenvalue weighted by atomic mass is 32.2. The average molecular weight is 402 g/mol. The van der Waals surface area contributed by atoms with Crippen molar-refractivity contribution >= 4 is 21.9 Å². The lowest BCUT2D eigenvalue weighted by molar-refractivity contribution is -0.128. The van der Waals surface area contributed by atoms with Gasteiger partial charge in [0.2, 0.25) is 11.8 Å². The zero-order valence-electron chi connectivity index (χ0n) is 15.9. The molecule has 0 aliphatic rings. The van der Waals surface area contributed by atoms with Gasteiger partial charge < -0.3 is 16.8 Å². The highest BCUT2D eigenvalue weighted by Crippen LogP contribution is 2.06. The average Bonchev–Trinajstić information content (AvgIpc) is 2.57. The smallest absolute Gasteiger partial charge is 0.261 e. The topological polar surface area (TPSA) is 153 Å². The summed E-state index contributed by atoms with van der Waals surface area (Å²) in [5, 5.41) is 2.67. The van der Waals surface area contributed by atoms with Gasteiger partial charge in [-0.25, -0.2) is 0 Å². The normalized spacial score (nSPS) is 13.0. The summed E-state index contributed by atoms with van der Waals surface area (Å²) in [6.07, 6.45) is 6.00. The van der Waals surface area contributed by atoms with Crippen LogP contribution < -0.4 is 16.8 Å². The quantitative estimate of drug-likeness (QED) is 0.339. The number of hydrogen-bond acceptors (Lipinski definition) is 5.